The van der Waals surface area contributed by atoms with Crippen molar-refractivity contribution in [1.29, 1.82) is 0 Å². The summed E-state index contributed by atoms with van der Waals surface area (Å²) in [6.45, 7) is 4.10. The largest absolute Gasteiger partial charge is 0.379 e. The summed E-state index contributed by atoms with van der Waals surface area (Å²) in [5.41, 5.74) is 0.320. The van der Waals surface area contributed by atoms with E-state index in [-0.39, 0.29) is 11.2 Å². The highest BCUT2D eigenvalue weighted by atomic mass is 32.2. The second-order valence-corrected chi connectivity index (χ2v) is 6.36. The average molecular weight is 339 g/mol. The molecule has 8 nitrogen and oxygen atoms in total. The molecule has 0 radical (unpaired) electrons. The monoisotopic (exact) mass is 339 g/mol. The zero-order valence-corrected chi connectivity index (χ0v) is 14.4. The maximum absolute atomic E-state index is 12.8. The molecule has 1 fully saturated rings. The van der Waals surface area contributed by atoms with Crippen LogP contribution >= 0.6 is 11.8 Å². The summed E-state index contributed by atoms with van der Waals surface area (Å²) >= 11 is 1.45. The molecule has 9 heteroatoms. The topological polar surface area (TPSA) is 74.3 Å². The highest BCUT2D eigenvalue weighted by molar-refractivity contribution is 7.98. The minimum absolute atomic E-state index is 0.272. The van der Waals surface area contributed by atoms with Crippen molar-refractivity contribution in [3.63, 3.8) is 0 Å². The van der Waals surface area contributed by atoms with Gasteiger partial charge in [0, 0.05) is 40.3 Å². The van der Waals surface area contributed by atoms with Crippen LogP contribution in [0.25, 0.3) is 11.2 Å². The average Bonchev–Trinajstić information content (AvgIpc) is 2.90. The fraction of sp³-hybridized carbons (Fsp3) is 0.643. The standard InChI is InChI=1S/C14H21N5O3S/c1-16-10-11(15-13(16)23-3)17(2)14(21)19(12(10)20)5-4-18-6-8-22-9-7-18/h4-9H2,1-3H3. The number of imidazole rings is 1. The van der Waals surface area contributed by atoms with Gasteiger partial charge in [-0.15, -0.1) is 0 Å². The third-order valence-electron chi connectivity index (χ3n) is 4.25. The van der Waals surface area contributed by atoms with E-state index in [0.29, 0.717) is 37.5 Å². The molecule has 0 bridgehead atoms. The number of aromatic nitrogens is 4. The molecule has 0 amide bonds. The number of hydrogen-bond donors (Lipinski definition) is 0. The molecule has 3 heterocycles. The number of ether oxygens (including phenoxy) is 1. The van der Waals surface area contributed by atoms with Crippen molar-refractivity contribution in [3.8, 4) is 0 Å². The van der Waals surface area contributed by atoms with Crippen LogP contribution in [0.2, 0.25) is 0 Å². The van der Waals surface area contributed by atoms with Gasteiger partial charge in [0.05, 0.1) is 13.2 Å². The van der Waals surface area contributed by atoms with E-state index < -0.39 is 0 Å². The van der Waals surface area contributed by atoms with E-state index in [9.17, 15) is 9.59 Å². The Balaban J connectivity index is 2.01. The normalized spacial score (nSPS) is 16.3. The lowest BCUT2D eigenvalue weighted by Gasteiger charge is -2.26. The second-order valence-electron chi connectivity index (χ2n) is 5.58. The first kappa shape index (κ1) is 16.3. The Kier molecular flexibility index (Phi) is 4.60. The van der Waals surface area contributed by atoms with Gasteiger partial charge >= 0.3 is 5.69 Å². The Labute approximate surface area is 137 Å². The quantitative estimate of drug-likeness (QED) is 0.699. The van der Waals surface area contributed by atoms with E-state index in [1.165, 1.54) is 20.9 Å². The smallest absolute Gasteiger partial charge is 0.332 e. The van der Waals surface area contributed by atoms with Gasteiger partial charge in [0.25, 0.3) is 5.56 Å². The lowest BCUT2D eigenvalue weighted by Crippen LogP contribution is -2.44. The third kappa shape index (κ3) is 2.84. The maximum atomic E-state index is 12.8. The van der Waals surface area contributed by atoms with Crippen LogP contribution in [0.5, 0.6) is 0 Å². The van der Waals surface area contributed by atoms with Crippen molar-refractivity contribution in [2.75, 3.05) is 39.1 Å². The van der Waals surface area contributed by atoms with Gasteiger partial charge in [0.1, 0.15) is 0 Å². The fourth-order valence-corrected chi connectivity index (χ4v) is 3.41. The Morgan fingerprint density at radius 2 is 1.83 bits per heavy atom. The van der Waals surface area contributed by atoms with Gasteiger partial charge < -0.3 is 9.30 Å². The number of morpholine rings is 1. The van der Waals surface area contributed by atoms with Crippen LogP contribution in [0.3, 0.4) is 0 Å². The van der Waals surface area contributed by atoms with E-state index >= 15 is 0 Å². The molecule has 126 valence electrons. The Bertz CT molecular complexity index is 832. The molecule has 0 aromatic carbocycles. The lowest BCUT2D eigenvalue weighted by atomic mass is 10.4. The maximum Gasteiger partial charge on any atom is 0.332 e. The molecule has 3 rings (SSSR count). The van der Waals surface area contributed by atoms with Crippen LogP contribution in [0, 0.1) is 0 Å². The minimum Gasteiger partial charge on any atom is -0.379 e. The zero-order chi connectivity index (χ0) is 16.6. The molecule has 1 aliphatic heterocycles. The van der Waals surface area contributed by atoms with Crippen LogP contribution < -0.4 is 11.2 Å². The first-order valence-corrected chi connectivity index (χ1v) is 8.77. The van der Waals surface area contributed by atoms with Gasteiger partial charge in [-0.3, -0.25) is 18.8 Å². The van der Waals surface area contributed by atoms with E-state index in [0.717, 1.165) is 18.2 Å². The number of rotatable bonds is 4. The SMILES string of the molecule is CSc1nc2c(c(=O)n(CCN3CCOCC3)c(=O)n2C)n1C. The predicted molar refractivity (Wildman–Crippen MR) is 89.3 cm³/mol. The Hall–Kier alpha value is -1.58. The summed E-state index contributed by atoms with van der Waals surface area (Å²) in [6, 6.07) is 0. The van der Waals surface area contributed by atoms with E-state index in [1.807, 2.05) is 6.26 Å². The summed E-state index contributed by atoms with van der Waals surface area (Å²) in [5, 5.41) is 0.720. The fourth-order valence-electron chi connectivity index (χ4n) is 2.87. The van der Waals surface area contributed by atoms with Crippen molar-refractivity contribution in [2.45, 2.75) is 11.7 Å². The minimum atomic E-state index is -0.318. The highest BCUT2D eigenvalue weighted by Gasteiger charge is 2.19. The predicted octanol–water partition coefficient (Wildman–Crippen LogP) is -0.512. The van der Waals surface area contributed by atoms with E-state index in [2.05, 4.69) is 9.88 Å². The summed E-state index contributed by atoms with van der Waals surface area (Å²) in [6.07, 6.45) is 1.90. The molecule has 1 saturated heterocycles. The number of nitrogens with zero attached hydrogens (tertiary/aromatic N) is 5. The second kappa shape index (κ2) is 6.50. The summed E-state index contributed by atoms with van der Waals surface area (Å²) in [7, 11) is 3.46. The molecule has 0 unspecified atom stereocenters. The summed E-state index contributed by atoms with van der Waals surface area (Å²) < 4.78 is 9.84. The molecule has 2 aromatic heterocycles. The Morgan fingerprint density at radius 3 is 2.48 bits per heavy atom. The van der Waals surface area contributed by atoms with Gasteiger partial charge in [0.15, 0.2) is 16.3 Å². The molecular weight excluding hydrogens is 318 g/mol. The number of fused-ring (bicyclic) bond motifs is 1. The molecule has 0 N–H and O–H groups in total. The summed E-state index contributed by atoms with van der Waals surface area (Å²) in [5.74, 6) is 0. The van der Waals surface area contributed by atoms with E-state index in [1.54, 1.807) is 18.7 Å². The molecule has 2 aromatic rings. The molecule has 0 saturated carbocycles. The zero-order valence-electron chi connectivity index (χ0n) is 13.6. The van der Waals surface area contributed by atoms with Crippen molar-refractivity contribution >= 4 is 22.9 Å². The molecule has 0 aliphatic carbocycles. The van der Waals surface area contributed by atoms with Crippen LogP contribution in [-0.4, -0.2) is 62.7 Å². The first-order valence-electron chi connectivity index (χ1n) is 7.55. The highest BCUT2D eigenvalue weighted by Crippen LogP contribution is 2.17. The van der Waals surface area contributed by atoms with Crippen molar-refractivity contribution in [2.24, 2.45) is 14.1 Å². The van der Waals surface area contributed by atoms with Crippen LogP contribution in [0.1, 0.15) is 0 Å². The van der Waals surface area contributed by atoms with Crippen LogP contribution in [-0.2, 0) is 25.4 Å². The first-order chi connectivity index (χ1) is 11.0. The van der Waals surface area contributed by atoms with Crippen molar-refractivity contribution in [3.05, 3.63) is 20.8 Å². The number of aryl methyl sites for hydroxylation is 2. The van der Waals surface area contributed by atoms with Gasteiger partial charge in [0.2, 0.25) is 0 Å². The van der Waals surface area contributed by atoms with Gasteiger partial charge in [-0.25, -0.2) is 9.78 Å². The Morgan fingerprint density at radius 1 is 1.13 bits per heavy atom. The van der Waals surface area contributed by atoms with Gasteiger partial charge in [-0.05, 0) is 6.26 Å². The van der Waals surface area contributed by atoms with Gasteiger partial charge in [-0.1, -0.05) is 11.8 Å². The van der Waals surface area contributed by atoms with E-state index in [4.69, 9.17) is 4.74 Å². The van der Waals surface area contributed by atoms with Gasteiger partial charge in [-0.2, -0.15) is 0 Å². The molecule has 23 heavy (non-hydrogen) atoms. The number of hydrogen-bond acceptors (Lipinski definition) is 6. The van der Waals surface area contributed by atoms with Crippen LogP contribution in [0.4, 0.5) is 0 Å². The molecule has 0 atom stereocenters. The lowest BCUT2D eigenvalue weighted by molar-refractivity contribution is 0.0361. The van der Waals surface area contributed by atoms with Crippen molar-refractivity contribution in [1.82, 2.24) is 23.6 Å². The molecule has 1 aliphatic rings. The molecule has 0 spiro atoms. The van der Waals surface area contributed by atoms with Crippen molar-refractivity contribution < 1.29 is 4.74 Å². The number of thioether (sulfide) groups is 1. The van der Waals surface area contributed by atoms with Crippen LogP contribution in [0.15, 0.2) is 14.7 Å². The summed E-state index contributed by atoms with van der Waals surface area (Å²) in [4.78, 5) is 31.9. The molecular formula is C14H21N5O3S. The third-order valence-corrected chi connectivity index (χ3v) is 4.98.